The summed E-state index contributed by atoms with van der Waals surface area (Å²) in [7, 11) is 0. The highest BCUT2D eigenvalue weighted by Gasteiger charge is 2.46. The molecule has 558 valence electrons. The molecule has 0 aromatic heterocycles. The fourth-order valence-electron chi connectivity index (χ4n) is 19.8. The molecule has 14 heteroatoms. The van der Waals surface area contributed by atoms with Gasteiger partial charge in [0.15, 0.2) is 34.8 Å². The Hall–Kier alpha value is -10.7. The number of aromatic hydroxyl groups is 2. The van der Waals surface area contributed by atoms with Gasteiger partial charge < -0.3 is 52.7 Å². The molecule has 0 fully saturated rings. The van der Waals surface area contributed by atoms with E-state index in [0.29, 0.717) is 30.0 Å². The Balaban J connectivity index is 0.000000107. The van der Waals surface area contributed by atoms with E-state index in [0.717, 1.165) is 48.3 Å². The zero-order valence-corrected chi connectivity index (χ0v) is 62.2. The van der Waals surface area contributed by atoms with Gasteiger partial charge in [-0.1, -0.05) is 231 Å². The molecule has 20 rings (SSSR count). The van der Waals surface area contributed by atoms with Gasteiger partial charge in [0.1, 0.15) is 0 Å². The molecule has 0 bridgehead atoms. The van der Waals surface area contributed by atoms with Crippen molar-refractivity contribution in [2.24, 2.45) is 23.7 Å². The highest BCUT2D eigenvalue weighted by molar-refractivity contribution is 5.61. The first-order chi connectivity index (χ1) is 53.7. The van der Waals surface area contributed by atoms with Gasteiger partial charge in [0.2, 0.25) is 0 Å². The summed E-state index contributed by atoms with van der Waals surface area (Å²) in [5.74, 6) is -2.08. The summed E-state index contributed by atoms with van der Waals surface area (Å²) in [4.78, 5) is 0. The van der Waals surface area contributed by atoms with Crippen LogP contribution in [0.15, 0.2) is 358 Å². The summed E-state index contributed by atoms with van der Waals surface area (Å²) >= 11 is 0. The van der Waals surface area contributed by atoms with Gasteiger partial charge in [-0.25, -0.2) is 17.6 Å². The zero-order chi connectivity index (χ0) is 75.3. The highest BCUT2D eigenvalue weighted by Crippen LogP contribution is 2.52. The molecular formula is C96H94F4N8O2. The van der Waals surface area contributed by atoms with Gasteiger partial charge in [0, 0.05) is 90.0 Å². The second kappa shape index (κ2) is 31.0. The molecule has 0 saturated heterocycles. The van der Waals surface area contributed by atoms with Crippen molar-refractivity contribution in [2.75, 3.05) is 13.1 Å². The average molecular weight is 1470 g/mol. The normalized spacial score (nSPS) is 30.2. The minimum absolute atomic E-state index is 0.0128. The number of hydrogen-bond acceptors (Lipinski definition) is 10. The maximum Gasteiger partial charge on any atom is 0.159 e. The van der Waals surface area contributed by atoms with E-state index < -0.39 is 23.3 Å². The fraction of sp³-hybridized carbons (Fsp3) is 0.271. The minimum Gasteiger partial charge on any atom is -0.504 e. The van der Waals surface area contributed by atoms with Crippen LogP contribution in [0.25, 0.3) is 0 Å². The topological polar surface area (TPSA) is 137 Å². The van der Waals surface area contributed by atoms with E-state index in [1.807, 2.05) is 12.1 Å². The summed E-state index contributed by atoms with van der Waals surface area (Å²) in [6.45, 7) is 10.3. The van der Waals surface area contributed by atoms with Gasteiger partial charge in [0.05, 0.1) is 42.3 Å². The van der Waals surface area contributed by atoms with Gasteiger partial charge in [-0.15, -0.1) is 0 Å². The molecule has 4 aromatic rings. The Bertz CT molecular complexity index is 4960. The monoisotopic (exact) mass is 1470 g/mol. The maximum atomic E-state index is 14.3. The first kappa shape index (κ1) is 72.1. The third kappa shape index (κ3) is 13.7. The molecule has 18 unspecified atom stereocenters. The van der Waals surface area contributed by atoms with Crippen LogP contribution < -0.4 is 42.5 Å². The zero-order valence-electron chi connectivity index (χ0n) is 62.2. The van der Waals surface area contributed by atoms with Crippen LogP contribution in [-0.2, 0) is 0 Å². The van der Waals surface area contributed by atoms with Gasteiger partial charge in [-0.2, -0.15) is 0 Å². The fourth-order valence-corrected chi connectivity index (χ4v) is 19.8. The molecule has 110 heavy (non-hydrogen) atoms. The van der Waals surface area contributed by atoms with Crippen LogP contribution >= 0.6 is 0 Å². The molecule has 8 aliphatic heterocycles. The van der Waals surface area contributed by atoms with Gasteiger partial charge in [0.25, 0.3) is 0 Å². The van der Waals surface area contributed by atoms with E-state index in [9.17, 15) is 27.8 Å². The predicted molar refractivity (Wildman–Crippen MR) is 434 cm³/mol. The standard InChI is InChI=1S/C25H24F2N2.C25H26N2O2.C23H22F2N2.C23H22N2/c1-14-23(17-7-3-5-9-21(17)28-14)25(16-11-12-19(26)20(27)13-16)24-15(2)29-22-10-6-4-8-18(22)24;1-14-23(17-7-3-5-9-19(17)26-14)25(16-11-12-21(28)22(29)13-16)24-15(2)27-20-10-6-4-8-18(20)24;24-19-10-9-14(11-20(19)25)23(17-12-26-21-7-3-1-5-15(17)21)18-13-27-22-8-4-2-6-16(18)22;1-2-8-16(9-3-1)23(19-14-24-21-12-6-4-10-17(19)21)20-15-25-22-13-7-5-11-18(20)22/h3-14,18,21-22,25,28-29H,1-2H3;3-14,18-20,25-29H,1-2H3;1-3,5-7,9-12,15,21-23,26-27H,4,8,13H2;1-14,17,21-25H,15H2. The summed E-state index contributed by atoms with van der Waals surface area (Å²) in [6.07, 6.45) is 71.4. The number of nitrogens with one attached hydrogen (secondary N) is 8. The Labute approximate surface area is 643 Å². The van der Waals surface area contributed by atoms with E-state index >= 15 is 0 Å². The number of phenolic OH excluding ortho intramolecular Hbond substituents is 2. The lowest BCUT2D eigenvalue weighted by Crippen LogP contribution is -2.31. The van der Waals surface area contributed by atoms with Crippen LogP contribution in [0.3, 0.4) is 0 Å². The van der Waals surface area contributed by atoms with E-state index in [-0.39, 0.29) is 89.3 Å². The molecule has 8 aliphatic carbocycles. The Morgan fingerprint density at radius 3 is 1.36 bits per heavy atom. The SMILES string of the molecule is C1=CC2=C(C(C3=CNC4C=CC=CC34)c3ccccc3)CNC2C=C1.CC1=C(C(C2=C3C=CC=CC3NC2C)c2ccc(F)c(F)c2)C2C=CC=CC2N1.CC1=C(C(C2=C3C=CC=CC3NC2C)c2ccc(O)c(O)c2)C2C=CC=CC2N1.Fc1ccc(C(C2=CNC3C=CC=CC23)C2=C3C=CCCC3NC2)cc1F. The van der Waals surface area contributed by atoms with Crippen molar-refractivity contribution in [3.63, 3.8) is 0 Å². The summed E-state index contributed by atoms with van der Waals surface area (Å²) < 4.78 is 55.7. The molecule has 4 aromatic carbocycles. The molecule has 18 atom stereocenters. The minimum atomic E-state index is -0.810. The maximum absolute atomic E-state index is 14.3. The second-order valence-electron chi connectivity index (χ2n) is 31.1. The highest BCUT2D eigenvalue weighted by atomic mass is 19.2. The van der Waals surface area contributed by atoms with Crippen molar-refractivity contribution in [1.29, 1.82) is 0 Å². The lowest BCUT2D eigenvalue weighted by Gasteiger charge is -2.29. The van der Waals surface area contributed by atoms with Crippen LogP contribution in [0.2, 0.25) is 0 Å². The van der Waals surface area contributed by atoms with Gasteiger partial charge in [-0.05, 0) is 178 Å². The average Bonchev–Trinajstić information content (AvgIpc) is 1.59. The van der Waals surface area contributed by atoms with Crippen molar-refractivity contribution in [3.8, 4) is 11.5 Å². The van der Waals surface area contributed by atoms with Gasteiger partial charge >= 0.3 is 0 Å². The van der Waals surface area contributed by atoms with Crippen molar-refractivity contribution >= 4 is 0 Å². The van der Waals surface area contributed by atoms with Gasteiger partial charge in [-0.3, -0.25) is 0 Å². The van der Waals surface area contributed by atoms with Crippen LogP contribution in [0.4, 0.5) is 17.6 Å². The molecule has 0 radical (unpaired) electrons. The molecule has 0 saturated carbocycles. The molecule has 10 nitrogen and oxygen atoms in total. The predicted octanol–water partition coefficient (Wildman–Crippen LogP) is 16.8. The van der Waals surface area contributed by atoms with Crippen molar-refractivity contribution in [1.82, 2.24) is 42.5 Å². The third-order valence-electron chi connectivity index (χ3n) is 24.8. The third-order valence-corrected chi connectivity index (χ3v) is 24.8. The number of hydrogen-bond donors (Lipinski definition) is 10. The van der Waals surface area contributed by atoms with Crippen LogP contribution in [-0.4, -0.2) is 83.7 Å². The molecule has 0 spiro atoms. The molecular weight excluding hydrogens is 1370 g/mol. The lowest BCUT2D eigenvalue weighted by molar-refractivity contribution is 0.403. The molecule has 8 heterocycles. The van der Waals surface area contributed by atoms with Crippen molar-refractivity contribution < 1.29 is 27.8 Å². The van der Waals surface area contributed by atoms with Crippen molar-refractivity contribution in [3.05, 3.63) is 403 Å². The van der Waals surface area contributed by atoms with E-state index in [1.165, 1.54) is 102 Å². The number of allylic oxidation sites excluding steroid dienone is 17. The first-order valence-corrected chi connectivity index (χ1v) is 39.1. The van der Waals surface area contributed by atoms with E-state index in [1.54, 1.807) is 24.3 Å². The molecule has 0 amide bonds. The van der Waals surface area contributed by atoms with Crippen LogP contribution in [0.1, 0.15) is 86.5 Å². The summed E-state index contributed by atoms with van der Waals surface area (Å²) in [5, 5.41) is 49.0. The van der Waals surface area contributed by atoms with Crippen LogP contribution in [0.5, 0.6) is 11.5 Å². The first-order valence-electron chi connectivity index (χ1n) is 39.1. The lowest BCUT2D eigenvalue weighted by atomic mass is 9.73. The summed E-state index contributed by atoms with van der Waals surface area (Å²) in [6, 6.07) is 27.4. The Kier molecular flexibility index (Phi) is 20.3. The Morgan fingerprint density at radius 2 is 0.827 bits per heavy atom. The number of phenols is 2. The van der Waals surface area contributed by atoms with Crippen LogP contribution in [0, 0.1) is 46.9 Å². The quantitative estimate of drug-likeness (QED) is 0.0493. The van der Waals surface area contributed by atoms with Crippen molar-refractivity contribution in [2.45, 2.75) is 125 Å². The second-order valence-corrected chi connectivity index (χ2v) is 31.1. The number of halogens is 4. The number of fused-ring (bicyclic) bond motifs is 8. The number of benzene rings is 4. The van der Waals surface area contributed by atoms with E-state index in [2.05, 4.69) is 289 Å². The smallest absolute Gasteiger partial charge is 0.159 e. The molecule has 16 aliphatic rings. The largest absolute Gasteiger partial charge is 0.504 e. The van der Waals surface area contributed by atoms with E-state index in [4.69, 9.17) is 0 Å². The number of rotatable bonds is 12. The Morgan fingerprint density at radius 1 is 0.382 bits per heavy atom. The summed E-state index contributed by atoms with van der Waals surface area (Å²) in [5.41, 5.74) is 22.2. The molecule has 10 N–H and O–H groups in total.